The fraction of sp³-hybridized carbons (Fsp3) is 0.571. The molecule has 0 aromatic carbocycles. The summed E-state index contributed by atoms with van der Waals surface area (Å²) in [5.74, 6) is 1.30. The Morgan fingerprint density at radius 3 is 2.84 bits per heavy atom. The number of aromatic nitrogens is 1. The molecule has 0 radical (unpaired) electrons. The number of rotatable bonds is 4. The number of nitrogens with one attached hydrogen (secondary N) is 1. The molecule has 19 heavy (non-hydrogen) atoms. The van der Waals surface area contributed by atoms with E-state index in [0.717, 1.165) is 16.8 Å². The third kappa shape index (κ3) is 4.49. The summed E-state index contributed by atoms with van der Waals surface area (Å²) in [4.78, 5) is 16.0. The number of pyridine rings is 1. The number of nitrogens with two attached hydrogens (primary N) is 1. The predicted octanol–water partition coefficient (Wildman–Crippen LogP) is 3.73. The topological polar surface area (TPSA) is 68.0 Å². The zero-order valence-corrected chi connectivity index (χ0v) is 12.6. The minimum absolute atomic E-state index is 0.0311. The van der Waals surface area contributed by atoms with Gasteiger partial charge in [0.25, 0.3) is 0 Å². The van der Waals surface area contributed by atoms with Crippen LogP contribution in [-0.4, -0.2) is 10.9 Å². The Hall–Kier alpha value is -1.10. The molecule has 0 bridgehead atoms. The van der Waals surface area contributed by atoms with Crippen molar-refractivity contribution in [2.45, 2.75) is 44.9 Å². The molecule has 1 aromatic heterocycles. The van der Waals surface area contributed by atoms with Crippen LogP contribution in [0.3, 0.4) is 0 Å². The normalized spacial score (nSPS) is 16.3. The van der Waals surface area contributed by atoms with Gasteiger partial charge in [0.1, 0.15) is 5.82 Å². The largest absolute Gasteiger partial charge is 0.397 e. The maximum atomic E-state index is 11.9. The van der Waals surface area contributed by atoms with Crippen LogP contribution in [-0.2, 0) is 4.79 Å². The number of anilines is 2. The molecule has 2 rings (SSSR count). The van der Waals surface area contributed by atoms with Crippen molar-refractivity contribution in [3.05, 3.63) is 16.7 Å². The number of hydrogen-bond donors (Lipinski definition) is 2. The van der Waals surface area contributed by atoms with Crippen LogP contribution in [0.1, 0.15) is 44.9 Å². The highest BCUT2D eigenvalue weighted by atomic mass is 79.9. The van der Waals surface area contributed by atoms with Crippen LogP contribution < -0.4 is 11.1 Å². The Bertz CT molecular complexity index is 444. The van der Waals surface area contributed by atoms with Gasteiger partial charge in [-0.3, -0.25) is 4.79 Å². The van der Waals surface area contributed by atoms with Crippen LogP contribution in [0.15, 0.2) is 16.7 Å². The van der Waals surface area contributed by atoms with Gasteiger partial charge in [0.15, 0.2) is 0 Å². The second-order valence-electron chi connectivity index (χ2n) is 5.19. The van der Waals surface area contributed by atoms with Gasteiger partial charge in [0.05, 0.1) is 16.4 Å². The Morgan fingerprint density at radius 2 is 2.16 bits per heavy atom. The van der Waals surface area contributed by atoms with Crippen molar-refractivity contribution in [1.82, 2.24) is 4.98 Å². The van der Waals surface area contributed by atoms with Crippen LogP contribution in [0.4, 0.5) is 11.5 Å². The lowest BCUT2D eigenvalue weighted by atomic mass is 9.86. The van der Waals surface area contributed by atoms with Gasteiger partial charge in [-0.1, -0.05) is 32.1 Å². The highest BCUT2D eigenvalue weighted by Gasteiger charge is 2.15. The summed E-state index contributed by atoms with van der Waals surface area (Å²) in [6, 6.07) is 1.74. The summed E-state index contributed by atoms with van der Waals surface area (Å²) in [7, 11) is 0. The van der Waals surface area contributed by atoms with Crippen molar-refractivity contribution in [3.8, 4) is 0 Å². The molecule has 1 heterocycles. The number of amides is 1. The SMILES string of the molecule is Nc1cnc(NC(=O)CCC2CCCCC2)c(Br)c1. The number of nitrogens with zero attached hydrogens (tertiary/aromatic N) is 1. The molecule has 0 spiro atoms. The van der Waals surface area contributed by atoms with Crippen molar-refractivity contribution in [1.29, 1.82) is 0 Å². The predicted molar refractivity (Wildman–Crippen MR) is 80.8 cm³/mol. The van der Waals surface area contributed by atoms with Crippen LogP contribution in [0, 0.1) is 5.92 Å². The van der Waals surface area contributed by atoms with E-state index in [2.05, 4.69) is 26.2 Å². The van der Waals surface area contributed by atoms with Crippen molar-refractivity contribution < 1.29 is 4.79 Å². The van der Waals surface area contributed by atoms with E-state index in [1.54, 1.807) is 12.3 Å². The van der Waals surface area contributed by atoms with Gasteiger partial charge in [-0.15, -0.1) is 0 Å². The van der Waals surface area contributed by atoms with Crippen LogP contribution in [0.5, 0.6) is 0 Å². The summed E-state index contributed by atoms with van der Waals surface area (Å²) in [6.45, 7) is 0. The molecule has 4 nitrogen and oxygen atoms in total. The third-order valence-corrected chi connectivity index (χ3v) is 4.23. The van der Waals surface area contributed by atoms with Gasteiger partial charge in [0, 0.05) is 6.42 Å². The molecule has 0 atom stereocenters. The standard InChI is InChI=1S/C14H20BrN3O/c15-12-8-11(16)9-17-14(12)18-13(19)7-6-10-4-2-1-3-5-10/h8-10H,1-7,16H2,(H,17,18,19). The molecular weight excluding hydrogens is 306 g/mol. The van der Waals surface area contributed by atoms with E-state index < -0.39 is 0 Å². The molecule has 0 aliphatic heterocycles. The molecule has 1 saturated carbocycles. The van der Waals surface area contributed by atoms with Crippen molar-refractivity contribution in [2.75, 3.05) is 11.1 Å². The molecule has 104 valence electrons. The summed E-state index contributed by atoms with van der Waals surface area (Å²) in [5.41, 5.74) is 6.19. The van der Waals surface area contributed by atoms with Crippen LogP contribution >= 0.6 is 15.9 Å². The Morgan fingerprint density at radius 1 is 1.42 bits per heavy atom. The summed E-state index contributed by atoms with van der Waals surface area (Å²) in [6.07, 6.45) is 9.64. The summed E-state index contributed by atoms with van der Waals surface area (Å²) in [5, 5.41) is 2.82. The van der Waals surface area contributed by atoms with Crippen molar-refractivity contribution >= 4 is 33.3 Å². The lowest BCUT2D eigenvalue weighted by Crippen LogP contribution is -2.16. The zero-order valence-electron chi connectivity index (χ0n) is 11.0. The number of halogens is 1. The smallest absolute Gasteiger partial charge is 0.225 e. The molecule has 1 aliphatic rings. The summed E-state index contributed by atoms with van der Waals surface area (Å²) >= 11 is 3.35. The maximum absolute atomic E-state index is 11.9. The lowest BCUT2D eigenvalue weighted by molar-refractivity contribution is -0.116. The van der Waals surface area contributed by atoms with Crippen molar-refractivity contribution in [2.24, 2.45) is 5.92 Å². The minimum atomic E-state index is 0.0311. The van der Waals surface area contributed by atoms with Gasteiger partial charge in [-0.25, -0.2) is 4.98 Å². The van der Waals surface area contributed by atoms with Gasteiger partial charge in [0.2, 0.25) is 5.91 Å². The number of carbonyl (C=O) groups excluding carboxylic acids is 1. The average Bonchev–Trinajstić information content (AvgIpc) is 2.41. The Kier molecular flexibility index (Phi) is 5.19. The van der Waals surface area contributed by atoms with E-state index >= 15 is 0 Å². The second kappa shape index (κ2) is 6.89. The highest BCUT2D eigenvalue weighted by molar-refractivity contribution is 9.10. The van der Waals surface area contributed by atoms with E-state index in [0.29, 0.717) is 17.9 Å². The highest BCUT2D eigenvalue weighted by Crippen LogP contribution is 2.27. The van der Waals surface area contributed by atoms with Gasteiger partial charge < -0.3 is 11.1 Å². The maximum Gasteiger partial charge on any atom is 0.225 e. The zero-order chi connectivity index (χ0) is 13.7. The van der Waals surface area contributed by atoms with Gasteiger partial charge in [-0.2, -0.15) is 0 Å². The van der Waals surface area contributed by atoms with Gasteiger partial charge >= 0.3 is 0 Å². The number of hydrogen-bond acceptors (Lipinski definition) is 3. The molecule has 0 unspecified atom stereocenters. The van der Waals surface area contributed by atoms with E-state index in [1.807, 2.05) is 0 Å². The Balaban J connectivity index is 1.80. The first-order valence-corrected chi connectivity index (χ1v) is 7.65. The first kappa shape index (κ1) is 14.3. The molecule has 3 N–H and O–H groups in total. The van der Waals surface area contributed by atoms with Crippen molar-refractivity contribution in [3.63, 3.8) is 0 Å². The molecular formula is C14H20BrN3O. The molecule has 1 aromatic rings. The lowest BCUT2D eigenvalue weighted by Gasteiger charge is -2.20. The van der Waals surface area contributed by atoms with E-state index in [1.165, 1.54) is 32.1 Å². The van der Waals surface area contributed by atoms with Crippen LogP contribution in [0.2, 0.25) is 0 Å². The molecule has 5 heteroatoms. The fourth-order valence-corrected chi connectivity index (χ4v) is 3.02. The van der Waals surface area contributed by atoms with Gasteiger partial charge in [-0.05, 0) is 34.3 Å². The third-order valence-electron chi connectivity index (χ3n) is 3.62. The van der Waals surface area contributed by atoms with E-state index in [9.17, 15) is 4.79 Å². The van der Waals surface area contributed by atoms with E-state index in [-0.39, 0.29) is 5.91 Å². The second-order valence-corrected chi connectivity index (χ2v) is 6.04. The molecule has 1 amide bonds. The van der Waals surface area contributed by atoms with E-state index in [4.69, 9.17) is 5.73 Å². The monoisotopic (exact) mass is 325 g/mol. The molecule has 0 saturated heterocycles. The fourth-order valence-electron chi connectivity index (χ4n) is 2.55. The van der Waals surface area contributed by atoms with Crippen LogP contribution in [0.25, 0.3) is 0 Å². The first-order chi connectivity index (χ1) is 9.15. The molecule has 1 fully saturated rings. The average molecular weight is 326 g/mol. The number of nitrogen functional groups attached to an aromatic ring is 1. The molecule has 1 aliphatic carbocycles. The minimum Gasteiger partial charge on any atom is -0.397 e. The summed E-state index contributed by atoms with van der Waals surface area (Å²) < 4.78 is 0.721. The Labute approximate surface area is 122 Å². The first-order valence-electron chi connectivity index (χ1n) is 6.86. The number of carbonyl (C=O) groups is 1. The quantitative estimate of drug-likeness (QED) is 0.886.